The first-order valence-corrected chi connectivity index (χ1v) is 12.6. The van der Waals surface area contributed by atoms with E-state index in [0.29, 0.717) is 23.3 Å². The number of methoxy groups -OCH3 is 2. The van der Waals surface area contributed by atoms with Crippen LogP contribution >= 0.6 is 12.2 Å². The molecule has 0 aromatic heterocycles. The molecule has 0 spiro atoms. The number of carbonyl (C=O) groups is 1. The molecule has 1 unspecified atom stereocenters. The SMILES string of the molecule is CNC(=S)NS(=O)(=O)c1cc(CC(C)NC(=O)c2cc(C(C)(C)C)ccc2OC)ccc1OC. The number of benzene rings is 2. The lowest BCUT2D eigenvalue weighted by Crippen LogP contribution is -2.37. The second-order valence-corrected chi connectivity index (χ2v) is 11.0. The minimum atomic E-state index is -3.95. The molecule has 0 aliphatic carbocycles. The fraction of sp³-hybridized carbons (Fsp3) is 0.417. The van der Waals surface area contributed by atoms with Crippen molar-refractivity contribution in [1.29, 1.82) is 0 Å². The summed E-state index contributed by atoms with van der Waals surface area (Å²) in [4.78, 5) is 13.0. The van der Waals surface area contributed by atoms with Gasteiger partial charge in [-0.1, -0.05) is 32.9 Å². The van der Waals surface area contributed by atoms with Gasteiger partial charge in [0.15, 0.2) is 5.11 Å². The van der Waals surface area contributed by atoms with Gasteiger partial charge in [0.2, 0.25) is 0 Å². The van der Waals surface area contributed by atoms with Crippen LogP contribution in [0.15, 0.2) is 41.3 Å². The molecule has 8 nitrogen and oxygen atoms in total. The van der Waals surface area contributed by atoms with Gasteiger partial charge < -0.3 is 20.1 Å². The summed E-state index contributed by atoms with van der Waals surface area (Å²) in [5.41, 5.74) is 2.05. The molecule has 34 heavy (non-hydrogen) atoms. The molecule has 2 rings (SSSR count). The van der Waals surface area contributed by atoms with E-state index in [9.17, 15) is 13.2 Å². The quantitative estimate of drug-likeness (QED) is 0.472. The standard InChI is InChI=1S/C24H33N3O5S2/c1-15(26-22(28)18-14-17(24(2,3)4)9-11-19(18)31-6)12-16-8-10-20(32-7)21(13-16)34(29,30)27-23(33)25-5/h8-11,13-15H,12H2,1-7H3,(H,26,28)(H2,25,27,33). The van der Waals surface area contributed by atoms with Crippen molar-refractivity contribution in [3.63, 3.8) is 0 Å². The highest BCUT2D eigenvalue weighted by Gasteiger charge is 2.23. The molecule has 186 valence electrons. The highest BCUT2D eigenvalue weighted by Crippen LogP contribution is 2.28. The number of carbonyl (C=O) groups excluding carboxylic acids is 1. The second-order valence-electron chi connectivity index (χ2n) is 8.91. The summed E-state index contributed by atoms with van der Waals surface area (Å²) < 4.78 is 38.4. The third-order valence-corrected chi connectivity index (χ3v) is 7.01. The van der Waals surface area contributed by atoms with Crippen molar-refractivity contribution in [2.75, 3.05) is 21.3 Å². The van der Waals surface area contributed by atoms with E-state index in [2.05, 4.69) is 36.1 Å². The molecular weight excluding hydrogens is 474 g/mol. The van der Waals surface area contributed by atoms with Crippen molar-refractivity contribution in [3.8, 4) is 11.5 Å². The van der Waals surface area contributed by atoms with E-state index in [0.717, 1.165) is 5.56 Å². The lowest BCUT2D eigenvalue weighted by molar-refractivity contribution is 0.0937. The highest BCUT2D eigenvalue weighted by molar-refractivity contribution is 7.92. The lowest BCUT2D eigenvalue weighted by atomic mass is 9.86. The van der Waals surface area contributed by atoms with Crippen LogP contribution in [0, 0.1) is 0 Å². The summed E-state index contributed by atoms with van der Waals surface area (Å²) in [6.45, 7) is 8.08. The van der Waals surface area contributed by atoms with Gasteiger partial charge in [0.05, 0.1) is 19.8 Å². The fourth-order valence-corrected chi connectivity index (χ4v) is 4.85. The first-order chi connectivity index (χ1) is 15.8. The third-order valence-electron chi connectivity index (χ3n) is 5.20. The van der Waals surface area contributed by atoms with E-state index in [1.54, 1.807) is 18.2 Å². The number of thiocarbonyl (C=S) groups is 1. The van der Waals surface area contributed by atoms with Crippen molar-refractivity contribution in [2.24, 2.45) is 0 Å². The summed E-state index contributed by atoms with van der Waals surface area (Å²) in [5, 5.41) is 5.53. The molecule has 0 aliphatic heterocycles. The maximum atomic E-state index is 13.0. The Balaban J connectivity index is 2.26. The monoisotopic (exact) mass is 507 g/mol. The van der Waals surface area contributed by atoms with Crippen LogP contribution < -0.4 is 24.8 Å². The Labute approximate surface area is 207 Å². The fourth-order valence-electron chi connectivity index (χ4n) is 3.34. The highest BCUT2D eigenvalue weighted by atomic mass is 32.2. The van der Waals surface area contributed by atoms with Crippen LogP contribution in [0.5, 0.6) is 11.5 Å². The number of hydrogen-bond acceptors (Lipinski definition) is 6. The molecular formula is C24H33N3O5S2. The first kappa shape index (κ1) is 27.4. The predicted octanol–water partition coefficient (Wildman–Crippen LogP) is 3.14. The normalized spacial score (nSPS) is 12.4. The molecule has 10 heteroatoms. The Morgan fingerprint density at radius 1 is 1.06 bits per heavy atom. The molecule has 1 amide bonds. The van der Waals surface area contributed by atoms with Crippen molar-refractivity contribution in [2.45, 2.75) is 50.5 Å². The Hall–Kier alpha value is -2.85. The van der Waals surface area contributed by atoms with Gasteiger partial charge in [-0.05, 0) is 66.4 Å². The van der Waals surface area contributed by atoms with E-state index in [-0.39, 0.29) is 33.1 Å². The molecule has 0 aliphatic rings. The van der Waals surface area contributed by atoms with Crippen LogP contribution in [0.4, 0.5) is 0 Å². The number of rotatable bonds is 8. The predicted molar refractivity (Wildman–Crippen MR) is 137 cm³/mol. The topological polar surface area (TPSA) is 106 Å². The van der Waals surface area contributed by atoms with Gasteiger partial charge in [0.25, 0.3) is 15.9 Å². The zero-order valence-corrected chi connectivity index (χ0v) is 22.2. The largest absolute Gasteiger partial charge is 0.496 e. The third kappa shape index (κ3) is 6.83. The number of hydrogen-bond donors (Lipinski definition) is 3. The summed E-state index contributed by atoms with van der Waals surface area (Å²) in [6, 6.07) is 10.2. The maximum absolute atomic E-state index is 13.0. The van der Waals surface area contributed by atoms with Gasteiger partial charge >= 0.3 is 0 Å². The second kappa shape index (κ2) is 11.1. The van der Waals surface area contributed by atoms with E-state index >= 15 is 0 Å². The lowest BCUT2D eigenvalue weighted by Gasteiger charge is -2.22. The number of nitrogens with one attached hydrogen (secondary N) is 3. The van der Waals surface area contributed by atoms with Gasteiger partial charge in [-0.3, -0.25) is 9.52 Å². The van der Waals surface area contributed by atoms with Crippen molar-refractivity contribution in [3.05, 3.63) is 53.1 Å². The number of sulfonamides is 1. The Morgan fingerprint density at radius 2 is 1.68 bits per heavy atom. The summed E-state index contributed by atoms with van der Waals surface area (Å²) in [6.07, 6.45) is 0.399. The van der Waals surface area contributed by atoms with Crippen LogP contribution in [0.1, 0.15) is 49.2 Å². The molecule has 0 saturated carbocycles. The first-order valence-electron chi connectivity index (χ1n) is 10.7. The Morgan fingerprint density at radius 3 is 2.24 bits per heavy atom. The maximum Gasteiger partial charge on any atom is 0.267 e. The van der Waals surface area contributed by atoms with Gasteiger partial charge in [0.1, 0.15) is 16.4 Å². The van der Waals surface area contributed by atoms with Crippen LogP contribution in [0.3, 0.4) is 0 Å². The van der Waals surface area contributed by atoms with Gasteiger partial charge in [-0.2, -0.15) is 0 Å². The zero-order chi connectivity index (χ0) is 25.7. The van der Waals surface area contributed by atoms with Crippen LogP contribution in [0.2, 0.25) is 0 Å². The average molecular weight is 508 g/mol. The summed E-state index contributed by atoms with van der Waals surface area (Å²) >= 11 is 4.93. The number of ether oxygens (including phenoxy) is 2. The van der Waals surface area contributed by atoms with Crippen molar-refractivity contribution >= 4 is 33.3 Å². The van der Waals surface area contributed by atoms with E-state index in [4.69, 9.17) is 21.7 Å². The van der Waals surface area contributed by atoms with E-state index in [1.807, 2.05) is 19.1 Å². The molecule has 0 radical (unpaired) electrons. The minimum absolute atomic E-state index is 0.0282. The molecule has 3 N–H and O–H groups in total. The molecule has 0 heterocycles. The van der Waals surface area contributed by atoms with Crippen LogP contribution in [0.25, 0.3) is 0 Å². The summed E-state index contributed by atoms with van der Waals surface area (Å²) in [5.74, 6) is 0.413. The average Bonchev–Trinajstić information content (AvgIpc) is 2.77. The molecule has 0 bridgehead atoms. The van der Waals surface area contributed by atoms with Gasteiger partial charge in [-0.15, -0.1) is 0 Å². The van der Waals surface area contributed by atoms with Crippen molar-refractivity contribution < 1.29 is 22.7 Å². The van der Waals surface area contributed by atoms with Crippen molar-refractivity contribution in [1.82, 2.24) is 15.4 Å². The molecule has 2 aromatic rings. The molecule has 0 fully saturated rings. The smallest absolute Gasteiger partial charge is 0.267 e. The van der Waals surface area contributed by atoms with E-state index < -0.39 is 10.0 Å². The van der Waals surface area contributed by atoms with Gasteiger partial charge in [0, 0.05) is 13.1 Å². The van der Waals surface area contributed by atoms with E-state index in [1.165, 1.54) is 27.3 Å². The van der Waals surface area contributed by atoms with Crippen LogP contribution in [-0.2, 0) is 21.9 Å². The molecule has 2 aromatic carbocycles. The van der Waals surface area contributed by atoms with Gasteiger partial charge in [-0.25, -0.2) is 8.42 Å². The minimum Gasteiger partial charge on any atom is -0.496 e. The van der Waals surface area contributed by atoms with Crippen LogP contribution in [-0.4, -0.2) is 46.7 Å². The Bertz CT molecular complexity index is 1160. The summed E-state index contributed by atoms with van der Waals surface area (Å²) in [7, 11) is 0.496. The number of amides is 1. The Kier molecular flexibility index (Phi) is 8.90. The zero-order valence-electron chi connectivity index (χ0n) is 20.6. The molecule has 0 saturated heterocycles. The molecule has 1 atom stereocenters.